The van der Waals surface area contributed by atoms with Gasteiger partial charge in [0.2, 0.25) is 0 Å². The number of carboxylic acids is 2. The van der Waals surface area contributed by atoms with Crippen LogP contribution in [0.25, 0.3) is 0 Å². The van der Waals surface area contributed by atoms with Gasteiger partial charge in [-0.15, -0.1) is 0 Å². The molecule has 0 bridgehead atoms. The van der Waals surface area contributed by atoms with E-state index < -0.39 is 34.5 Å². The molecule has 0 aliphatic rings. The van der Waals surface area contributed by atoms with Gasteiger partial charge < -0.3 is 20.4 Å². The summed E-state index contributed by atoms with van der Waals surface area (Å²) in [6, 6.07) is 0. The second-order valence-corrected chi connectivity index (χ2v) is 7.09. The molecule has 0 saturated carbocycles. The lowest BCUT2D eigenvalue weighted by Crippen LogP contribution is -2.39. The van der Waals surface area contributed by atoms with Gasteiger partial charge in [-0.25, -0.2) is 13.8 Å². The number of rotatable bonds is 15. The minimum atomic E-state index is -4.23. The maximum absolute atomic E-state index is 10.2. The maximum Gasteiger partial charge on any atom is 0.397 e. The molecule has 0 aromatic carbocycles. The molecule has 27 heavy (non-hydrogen) atoms. The Hall–Kier alpha value is -1.27. The first-order valence-corrected chi connectivity index (χ1v) is 10.3. The summed E-state index contributed by atoms with van der Waals surface area (Å²) in [5, 5.41) is 32.5. The first-order valence-electron chi connectivity index (χ1n) is 8.96. The van der Waals surface area contributed by atoms with Crippen molar-refractivity contribution in [1.82, 2.24) is 0 Å². The van der Waals surface area contributed by atoms with Gasteiger partial charge in [-0.2, -0.15) is 8.42 Å². The molecule has 0 spiro atoms. The van der Waals surface area contributed by atoms with Gasteiger partial charge in [0.1, 0.15) is 0 Å². The quantitative estimate of drug-likeness (QED) is 0.194. The highest BCUT2D eigenvalue weighted by molar-refractivity contribution is 7.80. The highest BCUT2D eigenvalue weighted by atomic mass is 32.3. The largest absolute Gasteiger partial charge is 0.479 e. The number of hydrogen-bond acceptors (Lipinski definition) is 7. The topological polar surface area (TPSA) is 179 Å². The molecule has 0 aromatic heterocycles. The molecule has 0 heterocycles. The van der Waals surface area contributed by atoms with Crippen LogP contribution in [0.5, 0.6) is 0 Å². The smallest absolute Gasteiger partial charge is 0.397 e. The van der Waals surface area contributed by atoms with E-state index in [1.165, 1.54) is 44.9 Å². The van der Waals surface area contributed by atoms with Crippen molar-refractivity contribution >= 4 is 22.3 Å². The zero-order valence-corrected chi connectivity index (χ0v) is 16.4. The van der Waals surface area contributed by atoms with Crippen molar-refractivity contribution in [2.24, 2.45) is 0 Å². The molecular weight excluding hydrogens is 384 g/mol. The Balaban J connectivity index is 0. The SMILES string of the molecule is CCCCCCCCCCCCOS(=O)(=O)O.O=C(O)C(O)C(O)C(=O)O. The van der Waals surface area contributed by atoms with Crippen LogP contribution < -0.4 is 0 Å². The molecule has 162 valence electrons. The molecule has 0 aliphatic heterocycles. The molecule has 11 heteroatoms. The monoisotopic (exact) mass is 416 g/mol. The summed E-state index contributed by atoms with van der Waals surface area (Å²) in [4.78, 5) is 19.5. The molecule has 0 rings (SSSR count). The molecule has 2 atom stereocenters. The standard InChI is InChI=1S/C12H26O4S.C4H6O6/c1-2-3-4-5-6-7-8-9-10-11-12-16-17(13,14)15;5-1(3(7)8)2(6)4(9)10/h2-12H2,1H3,(H,13,14,15);1-2,5-6H,(H,7,8)(H,9,10). The normalized spacial score (nSPS) is 13.3. The van der Waals surface area contributed by atoms with Crippen LogP contribution in [0.2, 0.25) is 0 Å². The first-order chi connectivity index (χ1) is 12.5. The Kier molecular flexibility index (Phi) is 17.5. The van der Waals surface area contributed by atoms with Crippen molar-refractivity contribution in [1.29, 1.82) is 0 Å². The molecular formula is C16H32O10S. The average Bonchev–Trinajstić information content (AvgIpc) is 2.57. The van der Waals surface area contributed by atoms with E-state index in [0.717, 1.165) is 12.8 Å². The van der Waals surface area contributed by atoms with Gasteiger partial charge in [0.15, 0.2) is 12.2 Å². The second-order valence-electron chi connectivity index (χ2n) is 6.00. The summed E-state index contributed by atoms with van der Waals surface area (Å²) >= 11 is 0. The average molecular weight is 416 g/mol. The summed E-state index contributed by atoms with van der Waals surface area (Å²) in [5.41, 5.74) is 0. The number of aliphatic hydroxyl groups excluding tert-OH is 2. The number of aliphatic hydroxyl groups is 2. The fraction of sp³-hybridized carbons (Fsp3) is 0.875. The van der Waals surface area contributed by atoms with Crippen LogP contribution in [0.3, 0.4) is 0 Å². The number of carboxylic acid groups (broad SMARTS) is 2. The fourth-order valence-corrected chi connectivity index (χ4v) is 2.35. The van der Waals surface area contributed by atoms with E-state index in [4.69, 9.17) is 25.0 Å². The Morgan fingerprint density at radius 3 is 1.41 bits per heavy atom. The summed E-state index contributed by atoms with van der Waals surface area (Å²) in [6.07, 6.45) is 7.32. The number of hydrogen-bond donors (Lipinski definition) is 5. The van der Waals surface area contributed by atoms with Gasteiger partial charge in [0.05, 0.1) is 6.61 Å². The zero-order valence-electron chi connectivity index (χ0n) is 15.6. The lowest BCUT2D eigenvalue weighted by molar-refractivity contribution is -0.165. The van der Waals surface area contributed by atoms with E-state index in [0.29, 0.717) is 6.42 Å². The third-order valence-corrected chi connectivity index (χ3v) is 4.00. The van der Waals surface area contributed by atoms with Crippen LogP contribution >= 0.6 is 0 Å². The van der Waals surface area contributed by atoms with E-state index in [1.54, 1.807) is 0 Å². The van der Waals surface area contributed by atoms with Gasteiger partial charge >= 0.3 is 22.3 Å². The summed E-state index contributed by atoms with van der Waals surface area (Å²) in [5.74, 6) is -3.54. The molecule has 0 radical (unpaired) electrons. The summed E-state index contributed by atoms with van der Waals surface area (Å²) < 4.78 is 33.0. The summed E-state index contributed by atoms with van der Waals surface area (Å²) in [6.45, 7) is 2.31. The Bertz CT molecular complexity index is 473. The first kappa shape index (κ1) is 27.9. The van der Waals surface area contributed by atoms with Crippen LogP contribution in [0, 0.1) is 0 Å². The van der Waals surface area contributed by atoms with Gasteiger partial charge in [-0.3, -0.25) is 4.55 Å². The highest BCUT2D eigenvalue weighted by Crippen LogP contribution is 2.10. The lowest BCUT2D eigenvalue weighted by atomic mass is 10.1. The Labute approximate surface area is 160 Å². The summed E-state index contributed by atoms with van der Waals surface area (Å²) in [7, 11) is -4.23. The molecule has 0 amide bonds. The van der Waals surface area contributed by atoms with E-state index in [2.05, 4.69) is 11.1 Å². The predicted molar refractivity (Wildman–Crippen MR) is 96.6 cm³/mol. The molecule has 0 aromatic rings. The molecule has 0 aliphatic carbocycles. The molecule has 10 nitrogen and oxygen atoms in total. The minimum absolute atomic E-state index is 0.0926. The van der Waals surface area contributed by atoms with Gasteiger partial charge in [0, 0.05) is 0 Å². The van der Waals surface area contributed by atoms with E-state index in [1.807, 2.05) is 0 Å². The van der Waals surface area contributed by atoms with Crippen molar-refractivity contribution in [3.05, 3.63) is 0 Å². The molecule has 5 N–H and O–H groups in total. The maximum atomic E-state index is 10.2. The Morgan fingerprint density at radius 2 is 1.11 bits per heavy atom. The van der Waals surface area contributed by atoms with Gasteiger partial charge in [-0.1, -0.05) is 64.7 Å². The lowest BCUT2D eigenvalue weighted by Gasteiger charge is -2.07. The van der Waals surface area contributed by atoms with Gasteiger partial charge in [-0.05, 0) is 6.42 Å². The zero-order chi connectivity index (χ0) is 21.3. The number of aliphatic carboxylic acids is 2. The highest BCUT2D eigenvalue weighted by Gasteiger charge is 2.29. The van der Waals surface area contributed by atoms with E-state index in [-0.39, 0.29) is 6.61 Å². The molecule has 2 unspecified atom stereocenters. The van der Waals surface area contributed by atoms with E-state index >= 15 is 0 Å². The van der Waals surface area contributed by atoms with Crippen LogP contribution in [0.15, 0.2) is 0 Å². The third kappa shape index (κ3) is 20.9. The van der Waals surface area contributed by atoms with Crippen molar-refractivity contribution in [3.8, 4) is 0 Å². The Morgan fingerprint density at radius 1 is 0.778 bits per heavy atom. The molecule has 0 fully saturated rings. The van der Waals surface area contributed by atoms with Crippen LogP contribution in [-0.2, 0) is 24.2 Å². The van der Waals surface area contributed by atoms with Gasteiger partial charge in [0.25, 0.3) is 0 Å². The van der Waals surface area contributed by atoms with Crippen molar-refractivity contribution < 1.29 is 47.2 Å². The van der Waals surface area contributed by atoms with Crippen LogP contribution in [0.4, 0.5) is 0 Å². The third-order valence-electron chi connectivity index (χ3n) is 3.54. The number of carbonyl (C=O) groups is 2. The minimum Gasteiger partial charge on any atom is -0.479 e. The van der Waals surface area contributed by atoms with Crippen molar-refractivity contribution in [3.63, 3.8) is 0 Å². The van der Waals surface area contributed by atoms with Crippen molar-refractivity contribution in [2.45, 2.75) is 83.3 Å². The number of unbranched alkanes of at least 4 members (excludes halogenated alkanes) is 9. The molecule has 0 saturated heterocycles. The van der Waals surface area contributed by atoms with Crippen LogP contribution in [0.1, 0.15) is 71.1 Å². The fourth-order valence-electron chi connectivity index (χ4n) is 2.02. The second kappa shape index (κ2) is 16.9. The van der Waals surface area contributed by atoms with Crippen molar-refractivity contribution in [2.75, 3.05) is 6.61 Å². The van der Waals surface area contributed by atoms with Crippen LogP contribution in [-0.4, -0.2) is 64.2 Å². The van der Waals surface area contributed by atoms with E-state index in [9.17, 15) is 18.0 Å². The predicted octanol–water partition coefficient (Wildman–Crippen LogP) is 1.60.